The van der Waals surface area contributed by atoms with Gasteiger partial charge in [0.1, 0.15) is 0 Å². The Hall–Kier alpha value is -1.84. The summed E-state index contributed by atoms with van der Waals surface area (Å²) < 4.78 is 0. The number of nitrogens with zero attached hydrogens (tertiary/aromatic N) is 1. The lowest BCUT2D eigenvalue weighted by molar-refractivity contribution is -0.134. The fourth-order valence-corrected chi connectivity index (χ4v) is 1.95. The first-order valence-electron chi connectivity index (χ1n) is 7.10. The molecule has 0 aliphatic rings. The lowest BCUT2D eigenvalue weighted by Crippen LogP contribution is -2.40. The van der Waals surface area contributed by atoms with Gasteiger partial charge in [-0.3, -0.25) is 9.59 Å². The molecule has 4 heteroatoms. The fourth-order valence-electron chi connectivity index (χ4n) is 1.95. The summed E-state index contributed by atoms with van der Waals surface area (Å²) in [5.41, 5.74) is 2.24. The van der Waals surface area contributed by atoms with Crippen molar-refractivity contribution >= 4 is 11.8 Å². The molecule has 0 saturated carbocycles. The number of carbonyl (C=O) groups is 2. The van der Waals surface area contributed by atoms with Crippen molar-refractivity contribution in [2.45, 2.75) is 40.2 Å². The van der Waals surface area contributed by atoms with E-state index in [0.717, 1.165) is 18.4 Å². The van der Waals surface area contributed by atoms with Gasteiger partial charge in [0, 0.05) is 20.0 Å². The third-order valence-corrected chi connectivity index (χ3v) is 3.13. The van der Waals surface area contributed by atoms with Crippen LogP contribution >= 0.6 is 0 Å². The summed E-state index contributed by atoms with van der Waals surface area (Å²) in [6.45, 7) is 6.87. The van der Waals surface area contributed by atoms with Crippen molar-refractivity contribution in [2.24, 2.45) is 0 Å². The van der Waals surface area contributed by atoms with E-state index in [9.17, 15) is 9.59 Å². The molecule has 2 amide bonds. The van der Waals surface area contributed by atoms with Crippen molar-refractivity contribution < 1.29 is 9.59 Å². The Morgan fingerprint density at radius 3 is 2.65 bits per heavy atom. The highest BCUT2D eigenvalue weighted by Gasteiger charge is 2.12. The third-order valence-electron chi connectivity index (χ3n) is 3.13. The second-order valence-corrected chi connectivity index (χ2v) is 5.06. The highest BCUT2D eigenvalue weighted by molar-refractivity contribution is 5.83. The van der Waals surface area contributed by atoms with E-state index >= 15 is 0 Å². The van der Waals surface area contributed by atoms with Crippen LogP contribution in [0, 0.1) is 6.92 Å². The van der Waals surface area contributed by atoms with E-state index in [1.54, 1.807) is 4.90 Å². The van der Waals surface area contributed by atoms with Gasteiger partial charge < -0.3 is 10.2 Å². The molecule has 20 heavy (non-hydrogen) atoms. The second-order valence-electron chi connectivity index (χ2n) is 5.06. The van der Waals surface area contributed by atoms with Gasteiger partial charge in [-0.1, -0.05) is 43.2 Å². The van der Waals surface area contributed by atoms with Gasteiger partial charge in [-0.05, 0) is 18.9 Å². The number of carbonyl (C=O) groups excluding carboxylic acids is 2. The van der Waals surface area contributed by atoms with Crippen molar-refractivity contribution in [2.75, 3.05) is 13.1 Å². The Bertz CT molecular complexity index is 458. The van der Waals surface area contributed by atoms with Crippen LogP contribution in [0.5, 0.6) is 0 Å². The predicted molar refractivity (Wildman–Crippen MR) is 80.2 cm³/mol. The molecule has 0 aliphatic heterocycles. The van der Waals surface area contributed by atoms with Crippen LogP contribution in [0.2, 0.25) is 0 Å². The molecule has 0 radical (unpaired) electrons. The minimum Gasteiger partial charge on any atom is -0.350 e. The van der Waals surface area contributed by atoms with Crippen molar-refractivity contribution in [1.82, 2.24) is 10.2 Å². The molecule has 110 valence electrons. The largest absolute Gasteiger partial charge is 0.350 e. The lowest BCUT2D eigenvalue weighted by atomic mass is 10.1. The van der Waals surface area contributed by atoms with E-state index in [2.05, 4.69) is 12.2 Å². The fraction of sp³-hybridized carbons (Fsp3) is 0.500. The number of amides is 2. The standard InChI is InChI=1S/C16H24N2O2/c1-4-5-9-18(14(3)19)12-16(20)17-11-15-8-6-7-13(2)10-15/h6-8,10H,4-5,9,11-12H2,1-3H3,(H,17,20). The van der Waals surface area contributed by atoms with E-state index < -0.39 is 0 Å². The molecule has 0 bridgehead atoms. The first-order chi connectivity index (χ1) is 9.52. The molecule has 0 aliphatic carbocycles. The number of benzene rings is 1. The van der Waals surface area contributed by atoms with E-state index in [0.29, 0.717) is 13.1 Å². The van der Waals surface area contributed by atoms with Gasteiger partial charge >= 0.3 is 0 Å². The first-order valence-corrected chi connectivity index (χ1v) is 7.10. The second kappa shape index (κ2) is 8.35. The third kappa shape index (κ3) is 5.87. The number of unbranched alkanes of at least 4 members (excludes halogenated alkanes) is 1. The van der Waals surface area contributed by atoms with Crippen LogP contribution < -0.4 is 5.32 Å². The summed E-state index contributed by atoms with van der Waals surface area (Å²) in [7, 11) is 0. The molecule has 0 saturated heterocycles. The predicted octanol–water partition coefficient (Wildman–Crippen LogP) is 2.26. The SMILES string of the molecule is CCCCN(CC(=O)NCc1cccc(C)c1)C(C)=O. The Balaban J connectivity index is 2.43. The molecule has 0 fully saturated rings. The van der Waals surface area contributed by atoms with Gasteiger partial charge in [0.2, 0.25) is 11.8 Å². The van der Waals surface area contributed by atoms with Crippen LogP contribution in [0.4, 0.5) is 0 Å². The van der Waals surface area contributed by atoms with Crippen LogP contribution in [-0.2, 0) is 16.1 Å². The van der Waals surface area contributed by atoms with Gasteiger partial charge in [0.05, 0.1) is 6.54 Å². The summed E-state index contributed by atoms with van der Waals surface area (Å²) in [6, 6.07) is 8.01. The zero-order valence-corrected chi connectivity index (χ0v) is 12.6. The minimum atomic E-state index is -0.113. The van der Waals surface area contributed by atoms with Crippen LogP contribution in [0.3, 0.4) is 0 Å². The molecule has 1 aromatic carbocycles. The maximum absolute atomic E-state index is 11.9. The highest BCUT2D eigenvalue weighted by Crippen LogP contribution is 2.03. The summed E-state index contributed by atoms with van der Waals surface area (Å²) in [5.74, 6) is -0.165. The van der Waals surface area contributed by atoms with E-state index in [1.807, 2.05) is 31.2 Å². The molecule has 0 atom stereocenters. The van der Waals surface area contributed by atoms with E-state index in [4.69, 9.17) is 0 Å². The number of nitrogens with one attached hydrogen (secondary N) is 1. The monoisotopic (exact) mass is 276 g/mol. The molecular weight excluding hydrogens is 252 g/mol. The van der Waals surface area contributed by atoms with Crippen LogP contribution in [0.1, 0.15) is 37.8 Å². The van der Waals surface area contributed by atoms with Gasteiger partial charge in [0.25, 0.3) is 0 Å². The van der Waals surface area contributed by atoms with Gasteiger partial charge in [-0.25, -0.2) is 0 Å². The van der Waals surface area contributed by atoms with Gasteiger partial charge in [0.15, 0.2) is 0 Å². The summed E-state index contributed by atoms with van der Waals surface area (Å²) in [5, 5.41) is 2.86. The normalized spacial score (nSPS) is 10.2. The number of rotatable bonds is 7. The first kappa shape index (κ1) is 16.2. The van der Waals surface area contributed by atoms with Crippen molar-refractivity contribution in [1.29, 1.82) is 0 Å². The molecule has 1 aromatic rings. The topological polar surface area (TPSA) is 49.4 Å². The molecular formula is C16H24N2O2. The Morgan fingerprint density at radius 1 is 1.30 bits per heavy atom. The van der Waals surface area contributed by atoms with Crippen molar-refractivity contribution in [3.8, 4) is 0 Å². The van der Waals surface area contributed by atoms with Crippen molar-refractivity contribution in [3.63, 3.8) is 0 Å². The Morgan fingerprint density at radius 2 is 2.05 bits per heavy atom. The highest BCUT2D eigenvalue weighted by atomic mass is 16.2. The zero-order chi connectivity index (χ0) is 15.0. The average molecular weight is 276 g/mol. The van der Waals surface area contributed by atoms with Crippen LogP contribution in [-0.4, -0.2) is 29.8 Å². The van der Waals surface area contributed by atoms with E-state index in [1.165, 1.54) is 12.5 Å². The van der Waals surface area contributed by atoms with E-state index in [-0.39, 0.29) is 18.4 Å². The van der Waals surface area contributed by atoms with Gasteiger partial charge in [-0.2, -0.15) is 0 Å². The number of hydrogen-bond acceptors (Lipinski definition) is 2. The van der Waals surface area contributed by atoms with Crippen molar-refractivity contribution in [3.05, 3.63) is 35.4 Å². The molecule has 1 N–H and O–H groups in total. The Kier molecular flexibility index (Phi) is 6.77. The quantitative estimate of drug-likeness (QED) is 0.830. The Labute approximate surface area is 121 Å². The average Bonchev–Trinajstić information content (AvgIpc) is 2.41. The molecule has 4 nitrogen and oxygen atoms in total. The zero-order valence-electron chi connectivity index (χ0n) is 12.6. The number of aryl methyl sites for hydroxylation is 1. The lowest BCUT2D eigenvalue weighted by Gasteiger charge is -2.20. The summed E-state index contributed by atoms with van der Waals surface area (Å²) >= 11 is 0. The molecule has 0 aromatic heterocycles. The maximum atomic E-state index is 11.9. The smallest absolute Gasteiger partial charge is 0.239 e. The maximum Gasteiger partial charge on any atom is 0.239 e. The summed E-state index contributed by atoms with van der Waals surface area (Å²) in [6.07, 6.45) is 1.93. The minimum absolute atomic E-state index is 0.0517. The van der Waals surface area contributed by atoms with Gasteiger partial charge in [-0.15, -0.1) is 0 Å². The summed E-state index contributed by atoms with van der Waals surface area (Å²) in [4.78, 5) is 24.9. The van der Waals surface area contributed by atoms with Crippen LogP contribution in [0.15, 0.2) is 24.3 Å². The number of hydrogen-bond donors (Lipinski definition) is 1. The molecule has 0 spiro atoms. The van der Waals surface area contributed by atoms with Crippen LogP contribution in [0.25, 0.3) is 0 Å². The molecule has 1 rings (SSSR count). The molecule has 0 heterocycles. The molecule has 0 unspecified atom stereocenters.